The van der Waals surface area contributed by atoms with Gasteiger partial charge in [-0.25, -0.2) is 12.8 Å². The Kier molecular flexibility index (Phi) is 3.29. The SMILES string of the molecule is O=[SH](=O)CC(F)Cl. The van der Waals surface area contributed by atoms with Crippen LogP contribution < -0.4 is 0 Å². The number of thiol groups is 1. The molecule has 0 radical (unpaired) electrons. The molecular weight excluding hydrogens is 143 g/mol. The van der Waals surface area contributed by atoms with Crippen LogP contribution in [0.15, 0.2) is 0 Å². The van der Waals surface area contributed by atoms with Crippen molar-refractivity contribution in [3.8, 4) is 0 Å². The van der Waals surface area contributed by atoms with Gasteiger partial charge in [0.15, 0.2) is 5.63 Å². The Balaban J connectivity index is 3.32. The second kappa shape index (κ2) is 3.21. The highest BCUT2D eigenvalue weighted by Crippen LogP contribution is 1.94. The van der Waals surface area contributed by atoms with Gasteiger partial charge in [0, 0.05) is 0 Å². The van der Waals surface area contributed by atoms with Crippen LogP contribution in [-0.2, 0) is 10.7 Å². The maximum Gasteiger partial charge on any atom is 0.187 e. The molecule has 0 spiro atoms. The largest absolute Gasteiger partial charge is 0.232 e. The van der Waals surface area contributed by atoms with Gasteiger partial charge in [0.05, 0.1) is 5.75 Å². The van der Waals surface area contributed by atoms with Crippen LogP contribution in [-0.4, -0.2) is 19.8 Å². The third-order valence-electron chi connectivity index (χ3n) is 0.287. The number of rotatable bonds is 2. The highest BCUT2D eigenvalue weighted by molar-refractivity contribution is 7.72. The molecule has 0 rings (SSSR count). The first-order valence-corrected chi connectivity index (χ1v) is 3.33. The molecule has 0 aliphatic carbocycles. The van der Waals surface area contributed by atoms with Crippen LogP contribution in [0.3, 0.4) is 0 Å². The van der Waals surface area contributed by atoms with E-state index in [1.54, 1.807) is 0 Å². The third-order valence-corrected chi connectivity index (χ3v) is 1.28. The van der Waals surface area contributed by atoms with Crippen molar-refractivity contribution in [3.63, 3.8) is 0 Å². The molecule has 2 nitrogen and oxygen atoms in total. The zero-order valence-electron chi connectivity index (χ0n) is 3.30. The molecule has 0 aromatic carbocycles. The monoisotopic (exact) mass is 146 g/mol. The summed E-state index contributed by atoms with van der Waals surface area (Å²) in [6.07, 6.45) is 0. The minimum Gasteiger partial charge on any atom is -0.232 e. The van der Waals surface area contributed by atoms with Crippen molar-refractivity contribution in [1.29, 1.82) is 0 Å². The van der Waals surface area contributed by atoms with E-state index < -0.39 is 22.1 Å². The first-order valence-electron chi connectivity index (χ1n) is 1.53. The Labute approximate surface area is 47.2 Å². The third kappa shape index (κ3) is 6.17. The van der Waals surface area contributed by atoms with E-state index in [2.05, 4.69) is 11.6 Å². The average molecular weight is 147 g/mol. The molecule has 0 heterocycles. The van der Waals surface area contributed by atoms with E-state index in [4.69, 9.17) is 0 Å². The minimum absolute atomic E-state index is 0.586. The molecule has 0 fully saturated rings. The molecule has 0 saturated carbocycles. The van der Waals surface area contributed by atoms with Gasteiger partial charge >= 0.3 is 0 Å². The summed E-state index contributed by atoms with van der Waals surface area (Å²) < 4.78 is 30.4. The lowest BCUT2D eigenvalue weighted by Crippen LogP contribution is -1.97. The van der Waals surface area contributed by atoms with Crippen LogP contribution >= 0.6 is 11.6 Å². The van der Waals surface area contributed by atoms with Gasteiger partial charge in [-0.2, -0.15) is 0 Å². The lowest BCUT2D eigenvalue weighted by atomic mass is 10.9. The van der Waals surface area contributed by atoms with E-state index in [-0.39, 0.29) is 0 Å². The molecule has 0 aliphatic rings. The number of halogens is 2. The minimum atomic E-state index is -2.65. The Morgan fingerprint density at radius 2 is 2.14 bits per heavy atom. The topological polar surface area (TPSA) is 34.1 Å². The molecule has 0 aliphatic heterocycles. The van der Waals surface area contributed by atoms with E-state index >= 15 is 0 Å². The Hall–Kier alpha value is 0.170. The van der Waals surface area contributed by atoms with Crippen molar-refractivity contribution in [2.45, 2.75) is 5.63 Å². The predicted octanol–water partition coefficient (Wildman–Crippen LogP) is 0.132. The summed E-state index contributed by atoms with van der Waals surface area (Å²) in [6, 6.07) is 0. The molecule has 5 heteroatoms. The van der Waals surface area contributed by atoms with Crippen molar-refractivity contribution in [2.75, 3.05) is 5.75 Å². The fraction of sp³-hybridized carbons (Fsp3) is 1.00. The van der Waals surface area contributed by atoms with Crippen molar-refractivity contribution in [2.24, 2.45) is 0 Å². The van der Waals surface area contributed by atoms with Crippen LogP contribution in [0.5, 0.6) is 0 Å². The molecule has 44 valence electrons. The van der Waals surface area contributed by atoms with Gasteiger partial charge in [-0.05, 0) is 0 Å². The van der Waals surface area contributed by atoms with Gasteiger partial charge in [0.2, 0.25) is 0 Å². The number of hydrogen-bond donors (Lipinski definition) is 1. The molecular formula is C2H4ClFO2S. The van der Waals surface area contributed by atoms with Crippen molar-refractivity contribution in [3.05, 3.63) is 0 Å². The first kappa shape index (κ1) is 7.17. The fourth-order valence-corrected chi connectivity index (χ4v) is 0.676. The van der Waals surface area contributed by atoms with E-state index in [0.717, 1.165) is 0 Å². The zero-order chi connectivity index (χ0) is 5.86. The van der Waals surface area contributed by atoms with Crippen LogP contribution in [0.2, 0.25) is 0 Å². The summed E-state index contributed by atoms with van der Waals surface area (Å²) in [6.45, 7) is 0. The lowest BCUT2D eigenvalue weighted by Gasteiger charge is -1.84. The highest BCUT2D eigenvalue weighted by Gasteiger charge is 1.98. The molecule has 0 bridgehead atoms. The number of hydrogen-bond acceptors (Lipinski definition) is 2. The second-order valence-corrected chi connectivity index (χ2v) is 2.41. The van der Waals surface area contributed by atoms with Crippen molar-refractivity contribution >= 4 is 22.3 Å². The summed E-state index contributed by atoms with van der Waals surface area (Å²) in [5.41, 5.74) is -1.75. The van der Waals surface area contributed by atoms with E-state index in [1.807, 2.05) is 0 Å². The van der Waals surface area contributed by atoms with Gasteiger partial charge < -0.3 is 0 Å². The average Bonchev–Trinajstić information content (AvgIpc) is 1.27. The van der Waals surface area contributed by atoms with Gasteiger partial charge in [0.25, 0.3) is 0 Å². The summed E-state index contributed by atoms with van der Waals surface area (Å²) in [7, 11) is -2.65. The number of alkyl halides is 2. The van der Waals surface area contributed by atoms with Crippen LogP contribution in [0.25, 0.3) is 0 Å². The normalized spacial score (nSPS) is 14.7. The quantitative estimate of drug-likeness (QED) is 0.444. The summed E-state index contributed by atoms with van der Waals surface area (Å²) in [5, 5.41) is 0. The summed E-state index contributed by atoms with van der Waals surface area (Å²) in [5.74, 6) is -0.586. The maximum absolute atomic E-state index is 11.3. The molecule has 0 N–H and O–H groups in total. The Morgan fingerprint density at radius 1 is 1.71 bits per heavy atom. The van der Waals surface area contributed by atoms with Gasteiger partial charge in [-0.15, -0.1) is 0 Å². The molecule has 1 atom stereocenters. The highest BCUT2D eigenvalue weighted by atomic mass is 35.5. The molecule has 0 saturated heterocycles. The van der Waals surface area contributed by atoms with Crippen LogP contribution in [0, 0.1) is 0 Å². The molecule has 1 unspecified atom stereocenters. The fourth-order valence-electron chi connectivity index (χ4n) is 0.113. The molecule has 0 amide bonds. The smallest absolute Gasteiger partial charge is 0.187 e. The second-order valence-electron chi connectivity index (χ2n) is 0.906. The lowest BCUT2D eigenvalue weighted by molar-refractivity contribution is 0.473. The van der Waals surface area contributed by atoms with E-state index in [0.29, 0.717) is 0 Å². The van der Waals surface area contributed by atoms with Gasteiger partial charge in [0.1, 0.15) is 10.7 Å². The summed E-state index contributed by atoms with van der Waals surface area (Å²) in [4.78, 5) is 0. The van der Waals surface area contributed by atoms with E-state index in [1.165, 1.54) is 0 Å². The molecule has 0 aromatic heterocycles. The van der Waals surface area contributed by atoms with Crippen LogP contribution in [0.1, 0.15) is 0 Å². The van der Waals surface area contributed by atoms with Crippen molar-refractivity contribution < 1.29 is 12.8 Å². The maximum atomic E-state index is 11.3. The van der Waals surface area contributed by atoms with Gasteiger partial charge in [-0.1, -0.05) is 11.6 Å². The molecule has 7 heavy (non-hydrogen) atoms. The standard InChI is InChI=1S/C2H4ClFO2S/c3-2(4)1-7(5)6/h2,7H,1H2. The first-order chi connectivity index (χ1) is 3.13. The summed E-state index contributed by atoms with van der Waals surface area (Å²) >= 11 is 4.62. The van der Waals surface area contributed by atoms with Crippen LogP contribution in [0.4, 0.5) is 4.39 Å². The zero-order valence-corrected chi connectivity index (χ0v) is 4.95. The Bertz CT molecular complexity index is 102. The van der Waals surface area contributed by atoms with Gasteiger partial charge in [-0.3, -0.25) is 0 Å². The predicted molar refractivity (Wildman–Crippen MR) is 25.9 cm³/mol. The molecule has 0 aromatic rings. The van der Waals surface area contributed by atoms with Crippen molar-refractivity contribution in [1.82, 2.24) is 0 Å². The van der Waals surface area contributed by atoms with E-state index in [9.17, 15) is 12.8 Å². The Morgan fingerprint density at radius 3 is 2.14 bits per heavy atom.